The van der Waals surface area contributed by atoms with Gasteiger partial charge < -0.3 is 9.69 Å². The lowest BCUT2D eigenvalue weighted by atomic mass is 10.0. The summed E-state index contributed by atoms with van der Waals surface area (Å²) in [6.07, 6.45) is 7.99. The number of pyridine rings is 2. The Bertz CT molecular complexity index is 1070. The number of para-hydroxylation sites is 1. The average molecular weight is 355 g/mol. The monoisotopic (exact) mass is 355 g/mol. The molecule has 0 N–H and O–H groups in total. The van der Waals surface area contributed by atoms with Crippen LogP contribution in [-0.4, -0.2) is 21.9 Å². The van der Waals surface area contributed by atoms with Gasteiger partial charge in [0, 0.05) is 35.9 Å². The van der Waals surface area contributed by atoms with Crippen molar-refractivity contribution in [1.82, 2.24) is 9.55 Å². The lowest BCUT2D eigenvalue weighted by Gasteiger charge is -2.33. The number of hydrogen-bond donors (Lipinski definition) is 0. The van der Waals surface area contributed by atoms with E-state index in [1.54, 1.807) is 24.5 Å². The van der Waals surface area contributed by atoms with Crippen molar-refractivity contribution in [1.29, 1.82) is 0 Å². The highest BCUT2D eigenvalue weighted by Crippen LogP contribution is 2.31. The van der Waals surface area contributed by atoms with Crippen molar-refractivity contribution in [2.24, 2.45) is 0 Å². The van der Waals surface area contributed by atoms with Crippen LogP contribution in [-0.2, 0) is 4.79 Å². The standard InChI is InChI=1S/C22H17N3O2/c26-16-21-20(24-13-7-5-11-22(24)27)14-17(19-10-4-6-12-23-19)15-25(21)18-8-2-1-3-9-18/h1-16,21H. The van der Waals surface area contributed by atoms with Crippen molar-refractivity contribution in [3.63, 3.8) is 0 Å². The van der Waals surface area contributed by atoms with Crippen LogP contribution >= 0.6 is 0 Å². The van der Waals surface area contributed by atoms with E-state index in [2.05, 4.69) is 4.98 Å². The number of carbonyl (C=O) groups is 1. The van der Waals surface area contributed by atoms with E-state index < -0.39 is 6.04 Å². The molecule has 0 aliphatic carbocycles. The van der Waals surface area contributed by atoms with Crippen LogP contribution in [0.5, 0.6) is 0 Å². The highest BCUT2D eigenvalue weighted by Gasteiger charge is 2.28. The summed E-state index contributed by atoms with van der Waals surface area (Å²) in [5.41, 5.74) is 2.85. The molecule has 1 aliphatic heterocycles. The minimum absolute atomic E-state index is 0.189. The number of nitrogens with zero attached hydrogens (tertiary/aromatic N) is 3. The molecule has 3 aromatic rings. The Morgan fingerprint density at radius 2 is 1.70 bits per heavy atom. The van der Waals surface area contributed by atoms with Gasteiger partial charge in [-0.3, -0.25) is 14.3 Å². The SMILES string of the molecule is O=CC1C(n2ccccc2=O)=CC(c2ccccn2)=CN1c1ccccc1. The Hall–Kier alpha value is -3.73. The third-order valence-electron chi connectivity index (χ3n) is 4.43. The molecule has 0 fully saturated rings. The van der Waals surface area contributed by atoms with Gasteiger partial charge in [-0.05, 0) is 36.4 Å². The fraction of sp³-hybridized carbons (Fsp3) is 0.0455. The molecule has 4 rings (SSSR count). The van der Waals surface area contributed by atoms with Gasteiger partial charge in [0.1, 0.15) is 12.3 Å². The second kappa shape index (κ2) is 7.25. The second-order valence-electron chi connectivity index (χ2n) is 6.10. The first-order chi connectivity index (χ1) is 13.3. The zero-order valence-corrected chi connectivity index (χ0v) is 14.5. The maximum Gasteiger partial charge on any atom is 0.254 e. The van der Waals surface area contributed by atoms with Crippen LogP contribution in [0.25, 0.3) is 11.3 Å². The van der Waals surface area contributed by atoms with E-state index in [-0.39, 0.29) is 5.56 Å². The first kappa shape index (κ1) is 16.7. The molecule has 0 saturated heterocycles. The maximum atomic E-state index is 12.4. The number of carbonyl (C=O) groups excluding carboxylic acids is 1. The Morgan fingerprint density at radius 3 is 2.41 bits per heavy atom. The van der Waals surface area contributed by atoms with Crippen LogP contribution in [0.2, 0.25) is 0 Å². The Kier molecular flexibility index (Phi) is 4.49. The summed E-state index contributed by atoms with van der Waals surface area (Å²) in [6.45, 7) is 0. The molecule has 0 spiro atoms. The molecule has 1 aliphatic rings. The number of hydrogen-bond acceptors (Lipinski definition) is 4. The number of benzene rings is 1. The molecule has 3 heterocycles. The van der Waals surface area contributed by atoms with E-state index in [0.717, 1.165) is 23.2 Å². The topological polar surface area (TPSA) is 55.2 Å². The third-order valence-corrected chi connectivity index (χ3v) is 4.43. The van der Waals surface area contributed by atoms with Gasteiger partial charge in [0.2, 0.25) is 0 Å². The molecular weight excluding hydrogens is 338 g/mol. The van der Waals surface area contributed by atoms with Crippen LogP contribution in [0.3, 0.4) is 0 Å². The highest BCUT2D eigenvalue weighted by molar-refractivity contribution is 5.93. The summed E-state index contributed by atoms with van der Waals surface area (Å²) in [5.74, 6) is 0. The van der Waals surface area contributed by atoms with Crippen LogP contribution in [0, 0.1) is 0 Å². The summed E-state index contributed by atoms with van der Waals surface area (Å²) < 4.78 is 1.50. The van der Waals surface area contributed by atoms with Gasteiger partial charge in [-0.1, -0.05) is 30.3 Å². The van der Waals surface area contributed by atoms with E-state index in [9.17, 15) is 9.59 Å². The van der Waals surface area contributed by atoms with Crippen molar-refractivity contribution in [2.75, 3.05) is 4.90 Å². The smallest absolute Gasteiger partial charge is 0.254 e. The first-order valence-electron chi connectivity index (χ1n) is 8.59. The van der Waals surface area contributed by atoms with Gasteiger partial charge in [0.25, 0.3) is 5.56 Å². The van der Waals surface area contributed by atoms with Crippen LogP contribution in [0.1, 0.15) is 5.69 Å². The molecule has 27 heavy (non-hydrogen) atoms. The van der Waals surface area contributed by atoms with Gasteiger partial charge in [0.05, 0.1) is 11.4 Å². The summed E-state index contributed by atoms with van der Waals surface area (Å²) in [4.78, 5) is 30.7. The fourth-order valence-electron chi connectivity index (χ4n) is 3.15. The van der Waals surface area contributed by atoms with E-state index in [4.69, 9.17) is 0 Å². The molecule has 132 valence electrons. The predicted octanol–water partition coefficient (Wildman–Crippen LogP) is 3.21. The Morgan fingerprint density at radius 1 is 0.926 bits per heavy atom. The quantitative estimate of drug-likeness (QED) is 0.675. The van der Waals surface area contributed by atoms with Gasteiger partial charge in [0.15, 0.2) is 0 Å². The van der Waals surface area contributed by atoms with Crippen molar-refractivity contribution in [3.05, 3.63) is 107 Å². The molecule has 0 bridgehead atoms. The normalized spacial score (nSPS) is 16.4. The van der Waals surface area contributed by atoms with Gasteiger partial charge >= 0.3 is 0 Å². The van der Waals surface area contributed by atoms with Crippen molar-refractivity contribution in [3.8, 4) is 0 Å². The third kappa shape index (κ3) is 3.22. The summed E-state index contributed by atoms with van der Waals surface area (Å²) >= 11 is 0. The number of aldehydes is 1. The minimum atomic E-state index is -0.625. The average Bonchev–Trinajstić information content (AvgIpc) is 2.74. The van der Waals surface area contributed by atoms with E-state index in [1.165, 1.54) is 10.6 Å². The van der Waals surface area contributed by atoms with Crippen LogP contribution in [0.15, 0.2) is 96.2 Å². The van der Waals surface area contributed by atoms with Gasteiger partial charge in [-0.2, -0.15) is 0 Å². The summed E-state index contributed by atoms with van der Waals surface area (Å²) in [5, 5.41) is 0. The second-order valence-corrected chi connectivity index (χ2v) is 6.10. The zero-order chi connectivity index (χ0) is 18.6. The molecule has 5 nitrogen and oxygen atoms in total. The number of aromatic nitrogens is 2. The molecule has 0 radical (unpaired) electrons. The molecule has 2 aromatic heterocycles. The lowest BCUT2D eigenvalue weighted by Crippen LogP contribution is -2.39. The predicted molar refractivity (Wildman–Crippen MR) is 106 cm³/mol. The highest BCUT2D eigenvalue weighted by atomic mass is 16.1. The number of anilines is 1. The fourth-order valence-corrected chi connectivity index (χ4v) is 3.15. The molecular formula is C22H17N3O2. The van der Waals surface area contributed by atoms with E-state index in [1.807, 2.05) is 65.7 Å². The van der Waals surface area contributed by atoms with Crippen molar-refractivity contribution in [2.45, 2.75) is 6.04 Å². The van der Waals surface area contributed by atoms with Crippen molar-refractivity contribution >= 4 is 23.2 Å². The molecule has 5 heteroatoms. The van der Waals surface area contributed by atoms with E-state index >= 15 is 0 Å². The molecule has 1 aromatic carbocycles. The molecule has 1 unspecified atom stereocenters. The molecule has 0 amide bonds. The lowest BCUT2D eigenvalue weighted by molar-refractivity contribution is -0.107. The van der Waals surface area contributed by atoms with Gasteiger partial charge in [-0.15, -0.1) is 0 Å². The number of rotatable bonds is 4. The number of allylic oxidation sites excluding steroid dienone is 2. The van der Waals surface area contributed by atoms with Crippen LogP contribution < -0.4 is 10.5 Å². The summed E-state index contributed by atoms with van der Waals surface area (Å²) in [6, 6.07) is 19.6. The zero-order valence-electron chi connectivity index (χ0n) is 14.5. The minimum Gasteiger partial charge on any atom is -0.331 e. The molecule has 1 atom stereocenters. The largest absolute Gasteiger partial charge is 0.331 e. The Balaban J connectivity index is 1.92. The summed E-state index contributed by atoms with van der Waals surface area (Å²) in [7, 11) is 0. The maximum absolute atomic E-state index is 12.4. The van der Waals surface area contributed by atoms with E-state index in [0.29, 0.717) is 5.70 Å². The van der Waals surface area contributed by atoms with Gasteiger partial charge in [-0.25, -0.2) is 0 Å². The van der Waals surface area contributed by atoms with Crippen LogP contribution in [0.4, 0.5) is 5.69 Å². The first-order valence-corrected chi connectivity index (χ1v) is 8.59. The van der Waals surface area contributed by atoms with Crippen molar-refractivity contribution < 1.29 is 4.79 Å². The Labute approximate surface area is 156 Å². The molecule has 0 saturated carbocycles.